The molecule has 33 heavy (non-hydrogen) atoms. The molecule has 0 spiro atoms. The first-order chi connectivity index (χ1) is 15.6. The van der Waals surface area contributed by atoms with E-state index in [1.54, 1.807) is 7.11 Å². The highest BCUT2D eigenvalue weighted by Crippen LogP contribution is 2.21. The number of ether oxygens (including phenoxy) is 1. The molecule has 1 atom stereocenters. The van der Waals surface area contributed by atoms with Gasteiger partial charge in [-0.2, -0.15) is 5.10 Å². The number of halogens is 1. The van der Waals surface area contributed by atoms with Gasteiger partial charge in [0.2, 0.25) is 0 Å². The van der Waals surface area contributed by atoms with E-state index >= 15 is 0 Å². The minimum absolute atomic E-state index is 0. The van der Waals surface area contributed by atoms with Gasteiger partial charge < -0.3 is 20.3 Å². The van der Waals surface area contributed by atoms with Gasteiger partial charge in [0.15, 0.2) is 11.8 Å². The van der Waals surface area contributed by atoms with Gasteiger partial charge in [0.25, 0.3) is 0 Å². The fourth-order valence-corrected chi connectivity index (χ4v) is 4.29. The minimum Gasteiger partial charge on any atom is -0.377 e. The highest BCUT2D eigenvalue weighted by Gasteiger charge is 2.22. The lowest BCUT2D eigenvalue weighted by Gasteiger charge is -2.31. The van der Waals surface area contributed by atoms with Crippen molar-refractivity contribution < 1.29 is 4.74 Å². The number of hydrogen-bond donors (Lipinski definition) is 2. The summed E-state index contributed by atoms with van der Waals surface area (Å²) in [5.41, 5.74) is 1.11. The lowest BCUT2D eigenvalue weighted by atomic mass is 9.99. The van der Waals surface area contributed by atoms with Crippen LogP contribution in [0.15, 0.2) is 23.3 Å². The number of aromatic nitrogens is 4. The molecule has 0 aromatic carbocycles. The number of anilines is 1. The first kappa shape index (κ1) is 25.7. The topological polar surface area (TPSA) is 92.5 Å². The third-order valence-corrected chi connectivity index (χ3v) is 6.20. The van der Waals surface area contributed by atoms with E-state index in [2.05, 4.69) is 51.6 Å². The zero-order valence-corrected chi connectivity index (χ0v) is 22.3. The second-order valence-electron chi connectivity index (χ2n) is 8.83. The second-order valence-corrected chi connectivity index (χ2v) is 8.83. The van der Waals surface area contributed by atoms with Crippen molar-refractivity contribution in [1.29, 1.82) is 0 Å². The van der Waals surface area contributed by atoms with Crippen molar-refractivity contribution in [3.63, 3.8) is 0 Å². The Morgan fingerprint density at radius 1 is 1.24 bits per heavy atom. The van der Waals surface area contributed by atoms with Crippen molar-refractivity contribution in [2.75, 3.05) is 31.6 Å². The number of rotatable bonds is 7. The summed E-state index contributed by atoms with van der Waals surface area (Å²) in [5.74, 6) is 4.51. The quantitative estimate of drug-likeness (QED) is 0.302. The van der Waals surface area contributed by atoms with E-state index in [-0.39, 0.29) is 30.0 Å². The van der Waals surface area contributed by atoms with E-state index in [4.69, 9.17) is 14.7 Å². The number of nitrogens with zero attached hydrogens (tertiary/aromatic N) is 6. The number of hydrogen-bond acceptors (Lipinski definition) is 6. The van der Waals surface area contributed by atoms with Gasteiger partial charge in [-0.3, -0.25) is 0 Å². The van der Waals surface area contributed by atoms with Crippen LogP contribution >= 0.6 is 24.0 Å². The summed E-state index contributed by atoms with van der Waals surface area (Å²) in [5, 5.41) is 11.5. The standard InChI is InChI=1S/C23H36N8O.HI/c1-4-24-23(27-19-6-8-22-28-20(16-32-3)29-31(22)15-19)26-14-18-5-7-21(25-13-18)30-11-9-17(2)10-12-30;/h5,7,13,17,19H,4,6,8-12,14-16H2,1-3H3,(H2,24,26,27);1H. The van der Waals surface area contributed by atoms with Gasteiger partial charge in [0, 0.05) is 45.4 Å². The summed E-state index contributed by atoms with van der Waals surface area (Å²) in [7, 11) is 1.67. The molecular weight excluding hydrogens is 531 g/mol. The predicted molar refractivity (Wildman–Crippen MR) is 141 cm³/mol. The number of guanidine groups is 1. The van der Waals surface area contributed by atoms with Gasteiger partial charge >= 0.3 is 0 Å². The number of methoxy groups -OCH3 is 1. The molecule has 4 rings (SSSR count). The molecule has 1 fully saturated rings. The Bertz CT molecular complexity index is 892. The van der Waals surface area contributed by atoms with Crippen molar-refractivity contribution in [2.45, 2.75) is 65.3 Å². The average Bonchev–Trinajstić information content (AvgIpc) is 3.20. The average molecular weight is 569 g/mol. The second kappa shape index (κ2) is 12.5. The summed E-state index contributed by atoms with van der Waals surface area (Å²) in [6, 6.07) is 4.54. The molecule has 182 valence electrons. The highest BCUT2D eigenvalue weighted by molar-refractivity contribution is 14.0. The molecular formula is C23H37IN8O. The Kier molecular flexibility index (Phi) is 9.72. The molecule has 2 aliphatic heterocycles. The van der Waals surface area contributed by atoms with E-state index in [1.165, 1.54) is 12.8 Å². The van der Waals surface area contributed by atoms with E-state index in [1.807, 2.05) is 10.9 Å². The van der Waals surface area contributed by atoms with Crippen LogP contribution in [-0.2, 0) is 30.9 Å². The van der Waals surface area contributed by atoms with Crippen LogP contribution in [0.1, 0.15) is 50.3 Å². The number of pyridine rings is 1. The third-order valence-electron chi connectivity index (χ3n) is 6.20. The van der Waals surface area contributed by atoms with Crippen LogP contribution in [0.4, 0.5) is 5.82 Å². The van der Waals surface area contributed by atoms with E-state index < -0.39 is 0 Å². The normalized spacial score (nSPS) is 19.1. The van der Waals surface area contributed by atoms with Gasteiger partial charge in [-0.15, -0.1) is 24.0 Å². The van der Waals surface area contributed by atoms with Gasteiger partial charge in [-0.25, -0.2) is 19.6 Å². The number of nitrogens with one attached hydrogen (secondary N) is 2. The maximum absolute atomic E-state index is 5.16. The molecule has 1 unspecified atom stereocenters. The van der Waals surface area contributed by atoms with Gasteiger partial charge in [-0.05, 0) is 43.7 Å². The first-order valence-electron chi connectivity index (χ1n) is 11.8. The van der Waals surface area contributed by atoms with Crippen molar-refractivity contribution in [3.05, 3.63) is 35.5 Å². The van der Waals surface area contributed by atoms with E-state index in [0.29, 0.717) is 13.2 Å². The molecule has 0 radical (unpaired) electrons. The van der Waals surface area contributed by atoms with Gasteiger partial charge in [0.1, 0.15) is 18.2 Å². The van der Waals surface area contributed by atoms with Crippen LogP contribution in [0.3, 0.4) is 0 Å². The minimum atomic E-state index is 0. The Hall–Kier alpha value is -1.95. The van der Waals surface area contributed by atoms with Crippen LogP contribution in [-0.4, -0.2) is 58.5 Å². The molecule has 0 saturated carbocycles. The van der Waals surface area contributed by atoms with Crippen molar-refractivity contribution in [3.8, 4) is 0 Å². The van der Waals surface area contributed by atoms with Gasteiger partial charge in [0.05, 0.1) is 13.1 Å². The van der Waals surface area contributed by atoms with Crippen LogP contribution in [0.25, 0.3) is 0 Å². The molecule has 0 amide bonds. The number of aliphatic imine (C=N–C) groups is 1. The van der Waals surface area contributed by atoms with Crippen molar-refractivity contribution in [2.24, 2.45) is 10.9 Å². The Morgan fingerprint density at radius 2 is 2.06 bits per heavy atom. The lowest BCUT2D eigenvalue weighted by molar-refractivity contribution is 0.177. The van der Waals surface area contributed by atoms with Crippen molar-refractivity contribution in [1.82, 2.24) is 30.4 Å². The summed E-state index contributed by atoms with van der Waals surface area (Å²) in [6.45, 7) is 9.25. The molecule has 10 heteroatoms. The molecule has 2 aliphatic rings. The number of fused-ring (bicyclic) bond motifs is 1. The molecule has 2 N–H and O–H groups in total. The van der Waals surface area contributed by atoms with E-state index in [0.717, 1.165) is 73.9 Å². The van der Waals surface area contributed by atoms with Crippen molar-refractivity contribution >= 4 is 35.8 Å². The maximum Gasteiger partial charge on any atom is 0.191 e. The Morgan fingerprint density at radius 3 is 2.76 bits per heavy atom. The van der Waals surface area contributed by atoms with Crippen LogP contribution < -0.4 is 15.5 Å². The first-order valence-corrected chi connectivity index (χ1v) is 11.8. The number of piperidine rings is 1. The third kappa shape index (κ3) is 7.02. The largest absolute Gasteiger partial charge is 0.377 e. The molecule has 0 bridgehead atoms. The zero-order valence-electron chi connectivity index (χ0n) is 20.0. The molecule has 2 aromatic heterocycles. The highest BCUT2D eigenvalue weighted by atomic mass is 127. The zero-order chi connectivity index (χ0) is 22.3. The Balaban J connectivity index is 0.00000306. The smallest absolute Gasteiger partial charge is 0.191 e. The molecule has 4 heterocycles. The van der Waals surface area contributed by atoms with E-state index in [9.17, 15) is 0 Å². The molecule has 9 nitrogen and oxygen atoms in total. The SMILES string of the molecule is CCNC(=NCc1ccc(N2CCC(C)CC2)nc1)NC1CCc2nc(COC)nn2C1.I. The fraction of sp³-hybridized carbons (Fsp3) is 0.652. The molecule has 1 saturated heterocycles. The maximum atomic E-state index is 5.16. The van der Waals surface area contributed by atoms with Crippen LogP contribution in [0, 0.1) is 5.92 Å². The summed E-state index contributed by atoms with van der Waals surface area (Å²) in [4.78, 5) is 16.4. The predicted octanol–water partition coefficient (Wildman–Crippen LogP) is 2.74. The fourth-order valence-electron chi connectivity index (χ4n) is 4.29. The molecule has 0 aliphatic carbocycles. The Labute approximate surface area is 213 Å². The lowest BCUT2D eigenvalue weighted by Crippen LogP contribution is -2.47. The number of aryl methyl sites for hydroxylation is 1. The molecule has 2 aromatic rings. The van der Waals surface area contributed by atoms with Crippen LogP contribution in [0.5, 0.6) is 0 Å². The summed E-state index contributed by atoms with van der Waals surface area (Å²) in [6.07, 6.45) is 6.35. The summed E-state index contributed by atoms with van der Waals surface area (Å²) >= 11 is 0. The summed E-state index contributed by atoms with van der Waals surface area (Å²) < 4.78 is 7.15. The van der Waals surface area contributed by atoms with Gasteiger partial charge in [-0.1, -0.05) is 13.0 Å². The van der Waals surface area contributed by atoms with Crippen LogP contribution in [0.2, 0.25) is 0 Å². The monoisotopic (exact) mass is 568 g/mol.